The van der Waals surface area contributed by atoms with Crippen LogP contribution in [0.2, 0.25) is 0 Å². The van der Waals surface area contributed by atoms with E-state index in [0.29, 0.717) is 5.30 Å². The van der Waals surface area contributed by atoms with Crippen molar-refractivity contribution in [3.05, 3.63) is 30.3 Å². The molecular formula is C6H7ClO2P+. The third kappa shape index (κ3) is 1.93. The van der Waals surface area contributed by atoms with Gasteiger partial charge in [-0.1, -0.05) is 18.2 Å². The average molecular weight is 178 g/mol. The fourth-order valence-corrected chi connectivity index (χ4v) is 1.51. The Morgan fingerprint density at radius 2 is 1.60 bits per heavy atom. The first-order valence-electron chi connectivity index (χ1n) is 2.70. The third-order valence-corrected chi connectivity index (χ3v) is 2.63. The molecule has 0 radical (unpaired) electrons. The molecule has 10 heavy (non-hydrogen) atoms. The van der Waals surface area contributed by atoms with Crippen LogP contribution in [0, 0.1) is 0 Å². The van der Waals surface area contributed by atoms with E-state index >= 15 is 0 Å². The lowest BCUT2D eigenvalue weighted by Gasteiger charge is -1.99. The second-order valence-corrected chi connectivity index (χ2v) is 4.84. The zero-order chi connectivity index (χ0) is 7.61. The van der Waals surface area contributed by atoms with Crippen molar-refractivity contribution in [2.45, 2.75) is 0 Å². The molecule has 0 saturated heterocycles. The molecule has 0 aromatic heterocycles. The van der Waals surface area contributed by atoms with Crippen LogP contribution in [-0.2, 0) is 0 Å². The molecule has 0 amide bonds. The maximum Gasteiger partial charge on any atom is 0.400 e. The summed E-state index contributed by atoms with van der Waals surface area (Å²) in [5.41, 5.74) is 0. The van der Waals surface area contributed by atoms with Crippen molar-refractivity contribution in [3.63, 3.8) is 0 Å². The van der Waals surface area contributed by atoms with E-state index < -0.39 is 7.07 Å². The second kappa shape index (κ2) is 2.85. The molecule has 54 valence electrons. The van der Waals surface area contributed by atoms with Crippen LogP contribution in [0.3, 0.4) is 0 Å². The summed E-state index contributed by atoms with van der Waals surface area (Å²) in [4.78, 5) is 17.8. The highest BCUT2D eigenvalue weighted by molar-refractivity contribution is 7.95. The van der Waals surface area contributed by atoms with Crippen molar-refractivity contribution in [1.82, 2.24) is 0 Å². The summed E-state index contributed by atoms with van der Waals surface area (Å²) in [5, 5.41) is 0.386. The van der Waals surface area contributed by atoms with Crippen molar-refractivity contribution < 1.29 is 9.79 Å². The van der Waals surface area contributed by atoms with Crippen LogP contribution in [0.1, 0.15) is 0 Å². The zero-order valence-corrected chi connectivity index (χ0v) is 6.76. The van der Waals surface area contributed by atoms with E-state index in [0.717, 1.165) is 0 Å². The number of halogens is 1. The summed E-state index contributed by atoms with van der Waals surface area (Å²) >= 11 is 5.28. The Balaban J connectivity index is 2.97. The smallest absolute Gasteiger partial charge is 0.198 e. The maximum absolute atomic E-state index is 8.92. The quantitative estimate of drug-likeness (QED) is 0.635. The molecule has 0 spiro atoms. The molecule has 0 bridgehead atoms. The number of hydrogen-bond donors (Lipinski definition) is 2. The Kier molecular flexibility index (Phi) is 2.27. The molecule has 0 aliphatic carbocycles. The van der Waals surface area contributed by atoms with Gasteiger partial charge in [-0.2, -0.15) is 9.79 Å². The Labute approximate surface area is 64.4 Å². The second-order valence-electron chi connectivity index (χ2n) is 1.86. The molecule has 0 heterocycles. The molecule has 2 N–H and O–H groups in total. The van der Waals surface area contributed by atoms with E-state index in [1.807, 2.05) is 0 Å². The van der Waals surface area contributed by atoms with E-state index in [2.05, 4.69) is 0 Å². The van der Waals surface area contributed by atoms with Gasteiger partial charge >= 0.3 is 7.07 Å². The van der Waals surface area contributed by atoms with Crippen LogP contribution in [0.4, 0.5) is 0 Å². The zero-order valence-electron chi connectivity index (χ0n) is 5.11. The highest BCUT2D eigenvalue weighted by Crippen LogP contribution is 2.53. The fraction of sp³-hybridized carbons (Fsp3) is 0. The Hall–Kier alpha value is -0.140. The van der Waals surface area contributed by atoms with E-state index in [9.17, 15) is 0 Å². The predicted molar refractivity (Wildman–Crippen MR) is 43.3 cm³/mol. The molecule has 4 heteroatoms. The molecule has 1 rings (SSSR count). The summed E-state index contributed by atoms with van der Waals surface area (Å²) in [7, 11) is -3.30. The van der Waals surface area contributed by atoms with Crippen LogP contribution in [-0.4, -0.2) is 9.79 Å². The molecule has 1 aromatic rings. The molecule has 0 atom stereocenters. The molecule has 2 nitrogen and oxygen atoms in total. The standard InChI is InChI=1S/C6H7ClO2P/c7-10(8,9)6-4-2-1-3-5-6/h1-5,8-9H/q+1. The van der Waals surface area contributed by atoms with Gasteiger partial charge in [0.1, 0.15) is 0 Å². The Bertz CT molecular complexity index is 207. The van der Waals surface area contributed by atoms with Gasteiger partial charge < -0.3 is 0 Å². The maximum atomic E-state index is 8.92. The molecular weight excluding hydrogens is 170 g/mol. The topological polar surface area (TPSA) is 40.5 Å². The largest absolute Gasteiger partial charge is 0.400 e. The number of hydrogen-bond acceptors (Lipinski definition) is 2. The molecule has 0 aliphatic heterocycles. The number of rotatable bonds is 1. The molecule has 0 fully saturated rings. The van der Waals surface area contributed by atoms with Gasteiger partial charge in [-0.15, -0.1) is 0 Å². The molecule has 0 aliphatic rings. The minimum Gasteiger partial charge on any atom is -0.198 e. The van der Waals surface area contributed by atoms with Gasteiger partial charge in [0.15, 0.2) is 16.5 Å². The SMILES string of the molecule is O[P+](O)(Cl)c1ccccc1. The lowest BCUT2D eigenvalue weighted by molar-refractivity contribution is 0.487. The van der Waals surface area contributed by atoms with Crippen LogP contribution in [0.5, 0.6) is 0 Å². The average Bonchev–Trinajstić information content (AvgIpc) is 1.88. The van der Waals surface area contributed by atoms with Gasteiger partial charge in [-0.25, -0.2) is 0 Å². The summed E-state index contributed by atoms with van der Waals surface area (Å²) in [5.74, 6) is 0. The first-order valence-corrected chi connectivity index (χ1v) is 5.30. The lowest BCUT2D eigenvalue weighted by Crippen LogP contribution is -2.03. The van der Waals surface area contributed by atoms with Crippen LogP contribution >= 0.6 is 18.3 Å². The predicted octanol–water partition coefficient (Wildman–Crippen LogP) is 1.30. The first kappa shape index (κ1) is 7.96. The Morgan fingerprint density at radius 3 is 1.90 bits per heavy atom. The first-order chi connectivity index (χ1) is 4.61. The summed E-state index contributed by atoms with van der Waals surface area (Å²) in [6.45, 7) is 0. The minimum absolute atomic E-state index is 0.386. The van der Waals surface area contributed by atoms with E-state index in [1.54, 1.807) is 30.3 Å². The summed E-state index contributed by atoms with van der Waals surface area (Å²) in [6.07, 6.45) is 0. The van der Waals surface area contributed by atoms with Gasteiger partial charge in [-0.3, -0.25) is 0 Å². The highest BCUT2D eigenvalue weighted by Gasteiger charge is 2.33. The van der Waals surface area contributed by atoms with E-state index in [4.69, 9.17) is 21.0 Å². The van der Waals surface area contributed by atoms with E-state index in [1.165, 1.54) is 0 Å². The van der Waals surface area contributed by atoms with Crippen LogP contribution < -0.4 is 5.30 Å². The fourth-order valence-electron chi connectivity index (χ4n) is 0.618. The normalized spacial score (nSPS) is 11.5. The molecule has 0 saturated carbocycles. The van der Waals surface area contributed by atoms with Crippen molar-refractivity contribution in [1.29, 1.82) is 0 Å². The van der Waals surface area contributed by atoms with Crippen molar-refractivity contribution in [2.24, 2.45) is 0 Å². The van der Waals surface area contributed by atoms with Crippen molar-refractivity contribution >= 4 is 23.6 Å². The van der Waals surface area contributed by atoms with Gasteiger partial charge in [0.2, 0.25) is 0 Å². The van der Waals surface area contributed by atoms with Crippen LogP contribution in [0.15, 0.2) is 30.3 Å². The number of benzene rings is 1. The van der Waals surface area contributed by atoms with Crippen LogP contribution in [0.25, 0.3) is 0 Å². The van der Waals surface area contributed by atoms with Crippen molar-refractivity contribution in [3.8, 4) is 0 Å². The summed E-state index contributed by atoms with van der Waals surface area (Å²) < 4.78 is 0. The monoisotopic (exact) mass is 177 g/mol. The van der Waals surface area contributed by atoms with Gasteiger partial charge in [0, 0.05) is 0 Å². The molecule has 0 unspecified atom stereocenters. The van der Waals surface area contributed by atoms with Gasteiger partial charge in [0.05, 0.1) is 0 Å². The van der Waals surface area contributed by atoms with E-state index in [-0.39, 0.29) is 0 Å². The Morgan fingerprint density at radius 1 is 1.10 bits per heavy atom. The van der Waals surface area contributed by atoms with Gasteiger partial charge in [0.25, 0.3) is 0 Å². The third-order valence-electron chi connectivity index (χ3n) is 1.08. The lowest BCUT2D eigenvalue weighted by atomic mass is 10.4. The highest BCUT2D eigenvalue weighted by atomic mass is 35.7. The summed E-state index contributed by atoms with van der Waals surface area (Å²) in [6, 6.07) is 8.37. The van der Waals surface area contributed by atoms with Gasteiger partial charge in [-0.05, 0) is 12.1 Å². The minimum atomic E-state index is -3.30. The van der Waals surface area contributed by atoms with Crippen molar-refractivity contribution in [2.75, 3.05) is 0 Å². The molecule has 1 aromatic carbocycles.